The van der Waals surface area contributed by atoms with Gasteiger partial charge in [0.25, 0.3) is 5.91 Å². The molecule has 7 heteroatoms. The summed E-state index contributed by atoms with van der Waals surface area (Å²) in [6, 6.07) is 22.6. The lowest BCUT2D eigenvalue weighted by Gasteiger charge is -2.22. The average molecular weight is 525 g/mol. The highest BCUT2D eigenvalue weighted by Crippen LogP contribution is 2.36. The van der Waals surface area contributed by atoms with Gasteiger partial charge in [-0.05, 0) is 80.3 Å². The molecule has 1 heterocycles. The number of ether oxygens (including phenoxy) is 2. The number of anilines is 1. The van der Waals surface area contributed by atoms with E-state index >= 15 is 0 Å². The van der Waals surface area contributed by atoms with Crippen LogP contribution in [0.1, 0.15) is 42.1 Å². The van der Waals surface area contributed by atoms with E-state index in [-0.39, 0.29) is 24.1 Å². The molecule has 4 rings (SSSR count). The molecule has 3 aromatic rings. The van der Waals surface area contributed by atoms with Crippen LogP contribution in [-0.4, -0.2) is 31.4 Å². The van der Waals surface area contributed by atoms with Gasteiger partial charge in [0, 0.05) is 11.4 Å². The Kier molecular flexibility index (Phi) is 8.30. The van der Waals surface area contributed by atoms with Gasteiger partial charge < -0.3 is 19.7 Å². The zero-order valence-corrected chi connectivity index (χ0v) is 22.8. The van der Waals surface area contributed by atoms with Crippen molar-refractivity contribution in [3.63, 3.8) is 0 Å². The van der Waals surface area contributed by atoms with Crippen molar-refractivity contribution < 1.29 is 23.9 Å². The Morgan fingerprint density at radius 2 is 1.59 bits per heavy atom. The van der Waals surface area contributed by atoms with E-state index in [1.807, 2.05) is 69.3 Å². The third kappa shape index (κ3) is 6.26. The van der Waals surface area contributed by atoms with Crippen LogP contribution in [0.2, 0.25) is 0 Å². The first-order valence-corrected chi connectivity index (χ1v) is 12.7. The van der Waals surface area contributed by atoms with Crippen molar-refractivity contribution in [2.45, 2.75) is 33.7 Å². The fraction of sp³-hybridized carbons (Fsp3) is 0.219. The van der Waals surface area contributed by atoms with Gasteiger partial charge in [0.15, 0.2) is 6.61 Å². The summed E-state index contributed by atoms with van der Waals surface area (Å²) < 4.78 is 10.6. The second-order valence-electron chi connectivity index (χ2n) is 9.55. The SMILES string of the molecule is COC(=O)C1=C(C)N(c2cc(C)cc(C)c2)/C(=C\c2ccc(OCC(=O)N[C@H](C)c3ccccc3)cc2)C1=O. The van der Waals surface area contributed by atoms with Crippen molar-refractivity contribution in [1.29, 1.82) is 0 Å². The summed E-state index contributed by atoms with van der Waals surface area (Å²) in [6.45, 7) is 7.51. The predicted octanol–water partition coefficient (Wildman–Crippen LogP) is 5.44. The summed E-state index contributed by atoms with van der Waals surface area (Å²) >= 11 is 0. The number of allylic oxidation sites excluding steroid dienone is 2. The lowest BCUT2D eigenvalue weighted by Crippen LogP contribution is -2.31. The molecule has 0 saturated heterocycles. The maximum absolute atomic E-state index is 13.4. The Hall–Kier alpha value is -4.65. The van der Waals surface area contributed by atoms with E-state index in [1.54, 1.807) is 42.2 Å². The number of amides is 1. The lowest BCUT2D eigenvalue weighted by molar-refractivity contribution is -0.137. The van der Waals surface area contributed by atoms with Gasteiger partial charge in [-0.25, -0.2) is 4.79 Å². The molecule has 1 N–H and O–H groups in total. The molecule has 0 bridgehead atoms. The molecule has 0 radical (unpaired) electrons. The Morgan fingerprint density at radius 1 is 0.949 bits per heavy atom. The fourth-order valence-corrected chi connectivity index (χ4v) is 4.65. The number of carbonyl (C=O) groups excluding carboxylic acids is 3. The highest BCUT2D eigenvalue weighted by Gasteiger charge is 2.38. The number of benzene rings is 3. The number of hydrogen-bond acceptors (Lipinski definition) is 6. The average Bonchev–Trinajstić information content (AvgIpc) is 3.16. The van der Waals surface area contributed by atoms with Crippen LogP contribution in [0.3, 0.4) is 0 Å². The highest BCUT2D eigenvalue weighted by atomic mass is 16.5. The number of nitrogens with zero attached hydrogens (tertiary/aromatic N) is 1. The van der Waals surface area contributed by atoms with Gasteiger partial charge in [0.2, 0.25) is 5.78 Å². The van der Waals surface area contributed by atoms with Crippen LogP contribution in [0.15, 0.2) is 89.8 Å². The molecule has 0 fully saturated rings. The minimum absolute atomic E-state index is 0.0126. The number of esters is 1. The Bertz CT molecular complexity index is 1440. The fourth-order valence-electron chi connectivity index (χ4n) is 4.65. The molecule has 39 heavy (non-hydrogen) atoms. The quantitative estimate of drug-likeness (QED) is 0.240. The molecule has 200 valence electrons. The standard InChI is InChI=1S/C32H32N2O5/c1-20-15-21(2)17-26(16-20)34-23(4)30(32(37)38-5)31(36)28(34)18-24-11-13-27(14-12-24)39-19-29(35)33-22(3)25-9-7-6-8-10-25/h6-18,22H,19H2,1-5H3,(H,33,35)/b28-18-/t22-/m1/s1. The Labute approximate surface area is 228 Å². The number of aryl methyl sites for hydroxylation is 2. The topological polar surface area (TPSA) is 84.9 Å². The number of ketones is 1. The van der Waals surface area contributed by atoms with E-state index in [0.29, 0.717) is 17.1 Å². The third-order valence-electron chi connectivity index (χ3n) is 6.48. The van der Waals surface area contributed by atoms with Gasteiger partial charge >= 0.3 is 5.97 Å². The van der Waals surface area contributed by atoms with Crippen molar-refractivity contribution >= 4 is 29.4 Å². The zero-order chi connectivity index (χ0) is 28.1. The summed E-state index contributed by atoms with van der Waals surface area (Å²) in [5.41, 5.74) is 5.50. The molecular weight excluding hydrogens is 492 g/mol. The molecule has 0 spiro atoms. The zero-order valence-electron chi connectivity index (χ0n) is 22.8. The molecular formula is C32H32N2O5. The summed E-state index contributed by atoms with van der Waals surface area (Å²) in [6.07, 6.45) is 1.73. The number of hydrogen-bond donors (Lipinski definition) is 1. The van der Waals surface area contributed by atoms with Crippen LogP contribution in [-0.2, 0) is 19.1 Å². The third-order valence-corrected chi connectivity index (χ3v) is 6.48. The van der Waals surface area contributed by atoms with Gasteiger partial charge in [-0.2, -0.15) is 0 Å². The summed E-state index contributed by atoms with van der Waals surface area (Å²) in [5, 5.41) is 2.92. The molecule has 1 amide bonds. The summed E-state index contributed by atoms with van der Waals surface area (Å²) in [5.74, 6) is -0.773. The first-order valence-electron chi connectivity index (χ1n) is 12.7. The Balaban J connectivity index is 1.51. The first-order chi connectivity index (χ1) is 18.7. The predicted molar refractivity (Wildman–Crippen MR) is 151 cm³/mol. The van der Waals surface area contributed by atoms with Crippen molar-refractivity contribution in [3.05, 3.63) is 112 Å². The number of carbonyl (C=O) groups is 3. The molecule has 1 aliphatic heterocycles. The maximum Gasteiger partial charge on any atom is 0.343 e. The maximum atomic E-state index is 13.4. The molecule has 7 nitrogen and oxygen atoms in total. The molecule has 3 aromatic carbocycles. The number of methoxy groups -OCH3 is 1. The summed E-state index contributed by atoms with van der Waals surface area (Å²) in [7, 11) is 1.26. The number of nitrogens with one attached hydrogen (secondary N) is 1. The van der Waals surface area contributed by atoms with E-state index in [9.17, 15) is 14.4 Å². The van der Waals surface area contributed by atoms with E-state index in [2.05, 4.69) is 5.32 Å². The van der Waals surface area contributed by atoms with Gasteiger partial charge in [0.1, 0.15) is 11.3 Å². The van der Waals surface area contributed by atoms with Crippen molar-refractivity contribution in [1.82, 2.24) is 5.32 Å². The molecule has 1 atom stereocenters. The van der Waals surface area contributed by atoms with Crippen LogP contribution in [0, 0.1) is 13.8 Å². The van der Waals surface area contributed by atoms with E-state index < -0.39 is 11.8 Å². The van der Waals surface area contributed by atoms with Crippen LogP contribution in [0.25, 0.3) is 6.08 Å². The van der Waals surface area contributed by atoms with Gasteiger partial charge in [-0.1, -0.05) is 48.5 Å². The monoisotopic (exact) mass is 524 g/mol. The van der Waals surface area contributed by atoms with Crippen molar-refractivity contribution in [2.24, 2.45) is 0 Å². The van der Waals surface area contributed by atoms with Crippen LogP contribution >= 0.6 is 0 Å². The van der Waals surface area contributed by atoms with Crippen LogP contribution in [0.4, 0.5) is 5.69 Å². The number of Topliss-reactive ketones (excluding diaryl/α,β-unsaturated/α-hetero) is 1. The largest absolute Gasteiger partial charge is 0.484 e. The minimum atomic E-state index is -0.668. The van der Waals surface area contributed by atoms with Crippen LogP contribution < -0.4 is 15.0 Å². The smallest absolute Gasteiger partial charge is 0.343 e. The molecule has 0 aromatic heterocycles. The first kappa shape index (κ1) is 27.4. The molecule has 0 unspecified atom stereocenters. The second-order valence-corrected chi connectivity index (χ2v) is 9.55. The molecule has 0 aliphatic carbocycles. The van der Waals surface area contributed by atoms with Gasteiger partial charge in [-0.3, -0.25) is 9.59 Å². The Morgan fingerprint density at radius 3 is 2.21 bits per heavy atom. The lowest BCUT2D eigenvalue weighted by atomic mass is 10.1. The van der Waals surface area contributed by atoms with Crippen molar-refractivity contribution in [2.75, 3.05) is 18.6 Å². The summed E-state index contributed by atoms with van der Waals surface area (Å²) in [4.78, 5) is 40.0. The van der Waals surface area contributed by atoms with Gasteiger partial charge in [0.05, 0.1) is 18.8 Å². The number of rotatable bonds is 8. The second kappa shape index (κ2) is 11.8. The molecule has 1 aliphatic rings. The van der Waals surface area contributed by atoms with E-state index in [4.69, 9.17) is 9.47 Å². The van der Waals surface area contributed by atoms with E-state index in [1.165, 1.54) is 7.11 Å². The van der Waals surface area contributed by atoms with Gasteiger partial charge in [-0.15, -0.1) is 0 Å². The highest BCUT2D eigenvalue weighted by molar-refractivity contribution is 6.30. The molecule has 0 saturated carbocycles. The van der Waals surface area contributed by atoms with E-state index in [0.717, 1.165) is 27.9 Å². The minimum Gasteiger partial charge on any atom is -0.484 e. The van der Waals surface area contributed by atoms with Crippen molar-refractivity contribution in [3.8, 4) is 5.75 Å². The van der Waals surface area contributed by atoms with Crippen LogP contribution in [0.5, 0.6) is 5.75 Å². The normalized spacial score (nSPS) is 14.9.